The smallest absolute Gasteiger partial charge is 0.394 e. The summed E-state index contributed by atoms with van der Waals surface area (Å²) in [6.45, 7) is 0. The first-order valence-electron chi connectivity index (χ1n) is 0.698. The first-order valence-corrected chi connectivity index (χ1v) is 2.10. The molecule has 0 spiro atoms. The van der Waals surface area contributed by atoms with Gasteiger partial charge in [-0.05, 0) is 0 Å². The molecule has 0 bridgehead atoms. The molecule has 0 aromatic heterocycles. The van der Waals surface area contributed by atoms with Crippen LogP contribution in [0.25, 0.3) is 0 Å². The van der Waals surface area contributed by atoms with Gasteiger partial charge in [-0.1, -0.05) is 0 Å². The topological polar surface area (TPSA) is 106 Å². The van der Waals surface area contributed by atoms with Gasteiger partial charge in [0.05, 0.1) is 0 Å². The molecular weight excluding hydrogens is 213 g/mol. The molecule has 4 N–H and O–H groups in total. The van der Waals surface area contributed by atoms with Crippen molar-refractivity contribution in [1.29, 1.82) is 0 Å². The Hall–Kier alpha value is 0.743. The third kappa shape index (κ3) is 403. The fourth-order valence-electron chi connectivity index (χ4n) is 0. The van der Waals surface area contributed by atoms with Crippen LogP contribution in [0, 0.1) is 0 Å². The summed E-state index contributed by atoms with van der Waals surface area (Å²) in [5.41, 5.74) is 0. The average Bonchev–Trinajstić information content (AvgIpc) is 0.722. The molecule has 8 heteroatoms. The second-order valence-corrected chi connectivity index (χ2v) is 1.34. The van der Waals surface area contributed by atoms with E-state index in [9.17, 15) is 0 Å². The Balaban J connectivity index is -0.0000000267. The Morgan fingerprint density at radius 1 is 1.12 bits per heavy atom. The van der Waals surface area contributed by atoms with Crippen LogP contribution in [0.3, 0.4) is 0 Å². The summed E-state index contributed by atoms with van der Waals surface area (Å²) in [5.74, 6) is 0. The second kappa shape index (κ2) is 7.74. The average molecular weight is 218 g/mol. The van der Waals surface area contributed by atoms with Crippen LogP contribution in [-0.4, -0.2) is 23.0 Å². The fraction of sp³-hybridized carbons (Fsp3) is 0. The van der Waals surface area contributed by atoms with E-state index in [2.05, 4.69) is 0 Å². The fourth-order valence-corrected chi connectivity index (χ4v) is 0. The molecule has 0 unspecified atom stereocenters. The van der Waals surface area contributed by atoms with E-state index < -0.39 is 10.4 Å². The monoisotopic (exact) mass is 216 g/mol. The predicted octanol–water partition coefficient (Wildman–Crippen LogP) is -1.06. The van der Waals surface area contributed by atoms with Crippen LogP contribution < -0.4 is 0 Å². The summed E-state index contributed by atoms with van der Waals surface area (Å²) in [5, 5.41) is 0. The normalized spacial score (nSPS) is 7.25. The number of hydrogen-bond donors (Lipinski definition) is 2. The van der Waals surface area contributed by atoms with Crippen LogP contribution in [0.5, 0.6) is 0 Å². The van der Waals surface area contributed by atoms with Gasteiger partial charge in [-0.2, -0.15) is 8.42 Å². The maximum absolute atomic E-state index is 8.74. The predicted molar refractivity (Wildman–Crippen MR) is 25.0 cm³/mol. The molecule has 0 aromatic rings. The molecule has 0 aliphatic carbocycles. The number of hydrogen-bond acceptors (Lipinski definition) is 2. The summed E-state index contributed by atoms with van der Waals surface area (Å²) >= 11 is 0. The minimum Gasteiger partial charge on any atom is -0.412 e. The van der Waals surface area contributed by atoms with Gasteiger partial charge in [-0.25, -0.2) is 0 Å². The van der Waals surface area contributed by atoms with E-state index in [1.54, 1.807) is 0 Å². The van der Waals surface area contributed by atoms with E-state index in [0.29, 0.717) is 0 Å². The summed E-state index contributed by atoms with van der Waals surface area (Å²) in [7, 11) is -4.67. The molecule has 0 saturated heterocycles. The molecule has 0 aliphatic heterocycles. The Kier molecular flexibility index (Phi) is 22.6. The third-order valence-electron chi connectivity index (χ3n) is 0. The van der Waals surface area contributed by atoms with Gasteiger partial charge in [0.2, 0.25) is 0 Å². The van der Waals surface area contributed by atoms with Crippen molar-refractivity contribution < 1.29 is 42.5 Å². The Bertz CT molecular complexity index is 95.6. The van der Waals surface area contributed by atoms with Gasteiger partial charge in [0.15, 0.2) is 0 Å². The van der Waals surface area contributed by atoms with E-state index in [1.807, 2.05) is 0 Å². The van der Waals surface area contributed by atoms with Crippen molar-refractivity contribution in [3.8, 4) is 0 Å². The van der Waals surface area contributed by atoms with Crippen molar-refractivity contribution in [2.75, 3.05) is 0 Å². The van der Waals surface area contributed by atoms with Gasteiger partial charge < -0.3 is 5.48 Å². The zero-order chi connectivity index (χ0) is 4.50. The van der Waals surface area contributed by atoms with Crippen molar-refractivity contribution in [2.45, 2.75) is 0 Å². The van der Waals surface area contributed by atoms with Gasteiger partial charge in [0, 0.05) is 19.5 Å². The zero-order valence-corrected chi connectivity index (χ0v) is 8.33. The third-order valence-corrected chi connectivity index (χ3v) is 0. The summed E-state index contributed by atoms with van der Waals surface area (Å²) in [6.07, 6.45) is 0. The molecule has 50 valence electrons. The van der Waals surface area contributed by atoms with Crippen LogP contribution >= 0.6 is 12.4 Å². The Labute approximate surface area is 65.5 Å². The quantitative estimate of drug-likeness (QED) is 0.399. The van der Waals surface area contributed by atoms with Gasteiger partial charge >= 0.3 is 10.4 Å². The largest absolute Gasteiger partial charge is 0.412 e. The first-order chi connectivity index (χ1) is 2.00. The maximum Gasteiger partial charge on any atom is 0.394 e. The molecule has 0 aromatic carbocycles. The molecule has 5 nitrogen and oxygen atoms in total. The molecule has 8 heavy (non-hydrogen) atoms. The van der Waals surface area contributed by atoms with Crippen molar-refractivity contribution in [3.05, 3.63) is 0 Å². The van der Waals surface area contributed by atoms with Crippen molar-refractivity contribution in [2.24, 2.45) is 0 Å². The van der Waals surface area contributed by atoms with Crippen LogP contribution in [-0.2, 0) is 29.9 Å². The maximum atomic E-state index is 8.74. The Morgan fingerprint density at radius 2 is 1.12 bits per heavy atom. The van der Waals surface area contributed by atoms with Gasteiger partial charge in [-0.15, -0.1) is 12.4 Å². The first kappa shape index (κ1) is 23.3. The van der Waals surface area contributed by atoms with Crippen LogP contribution in [0.15, 0.2) is 0 Å². The molecule has 0 rings (SSSR count). The number of rotatable bonds is 0. The molecule has 0 amide bonds. The minimum atomic E-state index is -4.67. The van der Waals surface area contributed by atoms with E-state index >= 15 is 0 Å². The van der Waals surface area contributed by atoms with Crippen molar-refractivity contribution in [3.63, 3.8) is 0 Å². The molecule has 0 heterocycles. The van der Waals surface area contributed by atoms with Crippen LogP contribution in [0.4, 0.5) is 0 Å². The molecule has 0 radical (unpaired) electrons. The molecule has 0 saturated carbocycles. The Morgan fingerprint density at radius 3 is 1.12 bits per heavy atom. The van der Waals surface area contributed by atoms with E-state index in [4.69, 9.17) is 17.5 Å². The standard InChI is InChI=1S/ClH.H2O4S.H2O.Zn/c;1-5(2,3)4;;/h1H;(H2,1,2,3,4);1H2;. The van der Waals surface area contributed by atoms with E-state index in [0.717, 1.165) is 0 Å². The van der Waals surface area contributed by atoms with Crippen molar-refractivity contribution in [1.82, 2.24) is 0 Å². The van der Waals surface area contributed by atoms with Gasteiger partial charge in [0.1, 0.15) is 0 Å². The molecule has 0 fully saturated rings. The number of halogens is 1. The summed E-state index contributed by atoms with van der Waals surface area (Å²) in [6, 6.07) is 0. The molecule has 0 atom stereocenters. The second-order valence-electron chi connectivity index (χ2n) is 0.448. The zero-order valence-electron chi connectivity index (χ0n) is 3.73. The van der Waals surface area contributed by atoms with Crippen molar-refractivity contribution >= 4 is 22.8 Å². The van der Waals surface area contributed by atoms with Crippen LogP contribution in [0.2, 0.25) is 0 Å². The van der Waals surface area contributed by atoms with Crippen LogP contribution in [0.1, 0.15) is 0 Å². The molecule has 0 aliphatic rings. The van der Waals surface area contributed by atoms with E-state index in [1.165, 1.54) is 0 Å². The molecular formula is H5ClO5SZn. The van der Waals surface area contributed by atoms with Gasteiger partial charge in [0.25, 0.3) is 0 Å². The minimum absolute atomic E-state index is 0. The van der Waals surface area contributed by atoms with E-state index in [-0.39, 0.29) is 37.4 Å². The summed E-state index contributed by atoms with van der Waals surface area (Å²) in [4.78, 5) is 0. The van der Waals surface area contributed by atoms with Gasteiger partial charge in [-0.3, -0.25) is 9.11 Å². The summed E-state index contributed by atoms with van der Waals surface area (Å²) < 4.78 is 31.6. The SMILES string of the molecule is Cl.O.O=S(=O)(O)O.[Zn].